The maximum Gasteiger partial charge on any atom is 0.167 e. The molecule has 0 aliphatic rings. The Kier molecular flexibility index (Phi) is 12.2. The smallest absolute Gasteiger partial charge is 0.167 e. The van der Waals surface area contributed by atoms with E-state index in [1.54, 1.807) is 19.5 Å². The summed E-state index contributed by atoms with van der Waals surface area (Å²) in [5.41, 5.74) is 3.62. The van der Waals surface area contributed by atoms with Crippen molar-refractivity contribution < 1.29 is 4.74 Å². The van der Waals surface area contributed by atoms with Crippen LogP contribution in [0.25, 0.3) is 32.6 Å². The van der Waals surface area contributed by atoms with Crippen LogP contribution >= 0.6 is 32.9 Å². The number of nitrogens with zero attached hydrogens (tertiary/aromatic N) is 6. The number of pyridine rings is 3. The fraction of sp³-hybridized carbons (Fsp3) is 0.241. The molecule has 0 amide bonds. The molecule has 0 spiro atoms. The molecule has 5 aromatic rings. The first-order chi connectivity index (χ1) is 17.8. The summed E-state index contributed by atoms with van der Waals surface area (Å²) in [6.07, 6.45) is 5.37. The maximum absolute atomic E-state index is 8.79. The van der Waals surface area contributed by atoms with Gasteiger partial charge in [-0.25, -0.2) is 4.98 Å². The van der Waals surface area contributed by atoms with Gasteiger partial charge in [-0.05, 0) is 80.2 Å². The summed E-state index contributed by atoms with van der Waals surface area (Å²) >= 11 is 3.43. The molecule has 0 saturated heterocycles. The third kappa shape index (κ3) is 7.53. The van der Waals surface area contributed by atoms with Crippen LogP contribution < -0.4 is 0 Å². The second-order valence-electron chi connectivity index (χ2n) is 8.75. The Balaban J connectivity index is 0.000000205. The largest absolute Gasteiger partial charge is 0.353 e. The number of nitriles is 1. The van der Waals surface area contributed by atoms with Gasteiger partial charge in [-0.1, -0.05) is 36.4 Å². The van der Waals surface area contributed by atoms with Crippen molar-refractivity contribution in [2.75, 3.05) is 35.3 Å². The highest BCUT2D eigenvalue weighted by molar-refractivity contribution is 9.10. The molecule has 198 valence electrons. The van der Waals surface area contributed by atoms with Crippen molar-refractivity contribution in [1.29, 1.82) is 5.26 Å². The summed E-state index contributed by atoms with van der Waals surface area (Å²) in [5, 5.41) is 13.2. The van der Waals surface area contributed by atoms with Gasteiger partial charge in [0, 0.05) is 41.9 Å². The molecule has 2 aromatic carbocycles. The monoisotopic (exact) mass is 638 g/mol. The topological polar surface area (TPSA) is 78.2 Å². The molecule has 0 unspecified atom stereocenters. The summed E-state index contributed by atoms with van der Waals surface area (Å²) < 4.78 is 5.97. The number of aromatic nitrogens is 3. The number of aryl methyl sites for hydroxylation is 1. The van der Waals surface area contributed by atoms with E-state index in [1.165, 1.54) is 5.39 Å². The Morgan fingerprint density at radius 2 is 1.34 bits per heavy atom. The lowest BCUT2D eigenvalue weighted by molar-refractivity contribution is -0.0950. The summed E-state index contributed by atoms with van der Waals surface area (Å²) in [4.78, 5) is 16.8. The minimum absolute atomic E-state index is 0. The van der Waals surface area contributed by atoms with Crippen LogP contribution in [-0.2, 0) is 4.74 Å². The second kappa shape index (κ2) is 14.8. The van der Waals surface area contributed by atoms with E-state index >= 15 is 0 Å². The predicted octanol–water partition coefficient (Wildman–Crippen LogP) is 6.58. The molecule has 0 radical (unpaired) electrons. The van der Waals surface area contributed by atoms with Crippen LogP contribution in [0.1, 0.15) is 11.1 Å². The molecule has 9 heteroatoms. The van der Waals surface area contributed by atoms with Crippen LogP contribution in [0.4, 0.5) is 0 Å². The molecule has 0 saturated carbocycles. The molecule has 0 fully saturated rings. The Morgan fingerprint density at radius 3 is 1.89 bits per heavy atom. The quantitative estimate of drug-likeness (QED) is 0.125. The zero-order valence-electron chi connectivity index (χ0n) is 22.4. The SMILES string of the molecule is Br.Brc1nccc2c1cnc1ccccc12.COC(N(C)C)N(C)C.Cc1c(C#N)cnc2ccccc12. The van der Waals surface area contributed by atoms with Gasteiger partial charge in [0.1, 0.15) is 10.7 Å². The fourth-order valence-electron chi connectivity index (χ4n) is 4.03. The van der Waals surface area contributed by atoms with Crippen molar-refractivity contribution in [3.8, 4) is 6.07 Å². The van der Waals surface area contributed by atoms with Crippen molar-refractivity contribution in [2.45, 2.75) is 13.3 Å². The molecule has 38 heavy (non-hydrogen) atoms. The highest BCUT2D eigenvalue weighted by Gasteiger charge is 2.10. The molecule has 0 N–H and O–H groups in total. The Bertz CT molecular complexity index is 1530. The van der Waals surface area contributed by atoms with Crippen molar-refractivity contribution in [2.24, 2.45) is 0 Å². The zero-order chi connectivity index (χ0) is 26.9. The number of benzene rings is 2. The first-order valence-electron chi connectivity index (χ1n) is 11.7. The highest BCUT2D eigenvalue weighted by Crippen LogP contribution is 2.26. The van der Waals surface area contributed by atoms with E-state index in [1.807, 2.05) is 99.6 Å². The van der Waals surface area contributed by atoms with Crippen LogP contribution in [0.15, 0.2) is 77.8 Å². The first-order valence-corrected chi connectivity index (χ1v) is 12.5. The normalized spacial score (nSPS) is 10.6. The highest BCUT2D eigenvalue weighted by atomic mass is 79.9. The number of methoxy groups -OCH3 is 1. The lowest BCUT2D eigenvalue weighted by Crippen LogP contribution is -2.41. The standard InChI is InChI=1S/C12H7BrN2.C11H8N2.C6H16N2O.BrH/c13-12-10-7-15-11-4-2-1-3-9(11)8(10)5-6-14-12;1-8-9(6-12)7-13-11-5-3-2-4-10(8)11;1-7(2)6(9-5)8(3)4;/h1-7H;2-5,7H,1H3;6H,1-5H3;1H. The van der Waals surface area contributed by atoms with Gasteiger partial charge in [-0.3, -0.25) is 19.8 Å². The Morgan fingerprint density at radius 1 is 0.789 bits per heavy atom. The second-order valence-corrected chi connectivity index (χ2v) is 9.50. The van der Waals surface area contributed by atoms with Gasteiger partial charge in [0.15, 0.2) is 6.35 Å². The van der Waals surface area contributed by atoms with Crippen molar-refractivity contribution >= 4 is 65.5 Å². The van der Waals surface area contributed by atoms with Crippen LogP contribution in [0, 0.1) is 18.3 Å². The van der Waals surface area contributed by atoms with Gasteiger partial charge in [-0.15, -0.1) is 17.0 Å². The maximum atomic E-state index is 8.79. The average molecular weight is 640 g/mol. The first kappa shape index (κ1) is 31.2. The number of hydrogen-bond donors (Lipinski definition) is 0. The van der Waals surface area contributed by atoms with E-state index in [0.29, 0.717) is 5.56 Å². The van der Waals surface area contributed by atoms with E-state index in [2.05, 4.69) is 43.0 Å². The van der Waals surface area contributed by atoms with Crippen molar-refractivity contribution in [3.63, 3.8) is 0 Å². The molecule has 0 aliphatic carbocycles. The van der Waals surface area contributed by atoms with Crippen molar-refractivity contribution in [1.82, 2.24) is 24.8 Å². The average Bonchev–Trinajstić information content (AvgIpc) is 2.90. The summed E-state index contributed by atoms with van der Waals surface area (Å²) in [6, 6.07) is 20.1. The summed E-state index contributed by atoms with van der Waals surface area (Å²) in [7, 11) is 9.62. The van der Waals surface area contributed by atoms with Crippen LogP contribution in [0.3, 0.4) is 0 Å². The van der Waals surface area contributed by atoms with Gasteiger partial charge in [0.2, 0.25) is 0 Å². The number of hydrogen-bond acceptors (Lipinski definition) is 7. The zero-order valence-corrected chi connectivity index (χ0v) is 25.7. The van der Waals surface area contributed by atoms with E-state index in [0.717, 1.165) is 37.4 Å². The Labute approximate surface area is 243 Å². The van der Waals surface area contributed by atoms with Crippen LogP contribution in [0.5, 0.6) is 0 Å². The van der Waals surface area contributed by atoms with E-state index in [4.69, 9.17) is 10.00 Å². The van der Waals surface area contributed by atoms with Crippen LogP contribution in [0.2, 0.25) is 0 Å². The van der Waals surface area contributed by atoms with Gasteiger partial charge in [0.25, 0.3) is 0 Å². The molecular weight excluding hydrogens is 608 g/mol. The van der Waals surface area contributed by atoms with Gasteiger partial charge >= 0.3 is 0 Å². The van der Waals surface area contributed by atoms with E-state index in [9.17, 15) is 0 Å². The molecule has 3 heterocycles. The Hall–Kier alpha value is -3.00. The van der Waals surface area contributed by atoms with Crippen molar-refractivity contribution in [3.05, 3.63) is 88.9 Å². The lowest BCUT2D eigenvalue weighted by atomic mass is 10.1. The molecular formula is C29H32Br2N6O. The van der Waals surface area contributed by atoms with Gasteiger partial charge < -0.3 is 4.74 Å². The molecule has 3 aromatic heterocycles. The minimum atomic E-state index is 0. The summed E-state index contributed by atoms with van der Waals surface area (Å²) in [5.74, 6) is 0. The molecule has 7 nitrogen and oxygen atoms in total. The number of para-hydroxylation sites is 2. The third-order valence-electron chi connectivity index (χ3n) is 5.73. The van der Waals surface area contributed by atoms with E-state index < -0.39 is 0 Å². The number of rotatable bonds is 3. The molecule has 5 rings (SSSR count). The van der Waals surface area contributed by atoms with Gasteiger partial charge in [-0.2, -0.15) is 5.26 Å². The number of fused-ring (bicyclic) bond motifs is 4. The van der Waals surface area contributed by atoms with E-state index in [-0.39, 0.29) is 23.3 Å². The third-order valence-corrected chi connectivity index (χ3v) is 6.36. The van der Waals surface area contributed by atoms with Crippen LogP contribution in [-0.4, -0.2) is 66.4 Å². The predicted molar refractivity (Wildman–Crippen MR) is 164 cm³/mol. The number of halogens is 2. The summed E-state index contributed by atoms with van der Waals surface area (Å²) in [6.45, 7) is 1.95. The molecule has 0 bridgehead atoms. The minimum Gasteiger partial charge on any atom is -0.353 e. The number of ether oxygens (including phenoxy) is 1. The van der Waals surface area contributed by atoms with Gasteiger partial charge in [0.05, 0.1) is 16.6 Å². The molecule has 0 aliphatic heterocycles. The lowest BCUT2D eigenvalue weighted by Gasteiger charge is -2.28. The fourth-order valence-corrected chi connectivity index (χ4v) is 4.46. The molecule has 0 atom stereocenters.